The van der Waals surface area contributed by atoms with Gasteiger partial charge in [-0.05, 0) is 83.7 Å². The maximum Gasteiger partial charge on any atom is 0.224 e. The van der Waals surface area contributed by atoms with Gasteiger partial charge < -0.3 is 25.0 Å². The van der Waals surface area contributed by atoms with Gasteiger partial charge in [-0.1, -0.05) is 11.6 Å². The molecule has 1 aliphatic rings. The van der Waals surface area contributed by atoms with E-state index in [9.17, 15) is 10.1 Å². The van der Waals surface area contributed by atoms with E-state index < -0.39 is 0 Å². The lowest BCUT2D eigenvalue weighted by atomic mass is 10.1. The summed E-state index contributed by atoms with van der Waals surface area (Å²) in [6, 6.07) is 11.3. The molecule has 40 heavy (non-hydrogen) atoms. The molecule has 10 heteroatoms. The number of pyridine rings is 1. The quantitative estimate of drug-likeness (QED) is 0.271. The first-order chi connectivity index (χ1) is 19.4. The van der Waals surface area contributed by atoms with Crippen LogP contribution in [0.25, 0.3) is 10.9 Å². The van der Waals surface area contributed by atoms with Crippen molar-refractivity contribution in [1.29, 1.82) is 5.26 Å². The molecule has 2 heterocycles. The highest BCUT2D eigenvalue weighted by Gasteiger charge is 2.17. The zero-order chi connectivity index (χ0) is 28.5. The summed E-state index contributed by atoms with van der Waals surface area (Å²) in [5.74, 6) is 0.988. The number of anilines is 3. The van der Waals surface area contributed by atoms with Crippen molar-refractivity contribution in [3.8, 4) is 17.6 Å². The predicted molar refractivity (Wildman–Crippen MR) is 160 cm³/mol. The van der Waals surface area contributed by atoms with Crippen LogP contribution < -0.4 is 20.1 Å². The molecule has 2 N–H and O–H groups in total. The summed E-state index contributed by atoms with van der Waals surface area (Å²) in [5, 5.41) is 17.3. The maximum atomic E-state index is 12.7. The van der Waals surface area contributed by atoms with Crippen molar-refractivity contribution >= 4 is 51.7 Å². The van der Waals surface area contributed by atoms with Gasteiger partial charge in [-0.25, -0.2) is 0 Å². The summed E-state index contributed by atoms with van der Waals surface area (Å²) in [7, 11) is 3.95. The molecule has 1 unspecified atom stereocenters. The molecule has 0 radical (unpaired) electrons. The minimum absolute atomic E-state index is 0.109. The molecule has 9 nitrogen and oxygen atoms in total. The molecule has 0 spiro atoms. The number of nitriles is 1. The number of hydrogen-bond donors (Lipinski definition) is 2. The van der Waals surface area contributed by atoms with Crippen LogP contribution >= 0.6 is 11.6 Å². The van der Waals surface area contributed by atoms with Crippen LogP contribution in [0.1, 0.15) is 44.6 Å². The Bertz CT molecular complexity index is 1420. The van der Waals surface area contributed by atoms with Crippen LogP contribution in [-0.4, -0.2) is 61.9 Å². The normalized spacial score (nSPS) is 14.7. The summed E-state index contributed by atoms with van der Waals surface area (Å²) < 4.78 is 11.7. The molecule has 1 atom stereocenters. The van der Waals surface area contributed by atoms with Crippen LogP contribution in [0.5, 0.6) is 11.5 Å². The minimum Gasteiger partial charge on any atom is -0.492 e. The number of benzene rings is 2. The zero-order valence-corrected chi connectivity index (χ0v) is 23.9. The van der Waals surface area contributed by atoms with E-state index in [0.717, 1.165) is 32.2 Å². The fourth-order valence-electron chi connectivity index (χ4n) is 4.48. The van der Waals surface area contributed by atoms with Gasteiger partial charge in [-0.2, -0.15) is 5.26 Å². The van der Waals surface area contributed by atoms with Gasteiger partial charge in [-0.3, -0.25) is 14.8 Å². The maximum absolute atomic E-state index is 12.7. The number of hydrogen-bond acceptors (Lipinski definition) is 8. The second kappa shape index (κ2) is 14.0. The first-order valence-corrected chi connectivity index (χ1v) is 13.9. The van der Waals surface area contributed by atoms with E-state index in [1.807, 2.05) is 38.2 Å². The molecule has 0 bridgehead atoms. The van der Waals surface area contributed by atoms with E-state index in [4.69, 9.17) is 21.1 Å². The minimum atomic E-state index is -0.109. The Labute approximate surface area is 240 Å². The number of fused-ring (bicyclic) bond motifs is 1. The number of carbonyl (C=O) groups excluding carboxylic acids is 1. The molecule has 0 aliphatic carbocycles. The van der Waals surface area contributed by atoms with E-state index in [1.54, 1.807) is 24.3 Å². The number of aliphatic imine (C=N–C) groups is 1. The Morgan fingerprint density at radius 3 is 2.77 bits per heavy atom. The lowest BCUT2D eigenvalue weighted by Crippen LogP contribution is -2.18. The van der Waals surface area contributed by atoms with Crippen LogP contribution in [0.3, 0.4) is 0 Å². The number of carbonyl (C=O) groups is 1. The third kappa shape index (κ3) is 7.62. The van der Waals surface area contributed by atoms with E-state index in [1.165, 1.54) is 6.20 Å². The lowest BCUT2D eigenvalue weighted by molar-refractivity contribution is -0.116. The number of amides is 1. The Morgan fingerprint density at radius 1 is 1.23 bits per heavy atom. The first kappa shape index (κ1) is 29.1. The van der Waals surface area contributed by atoms with Crippen LogP contribution in [0.15, 0.2) is 41.5 Å². The van der Waals surface area contributed by atoms with Gasteiger partial charge in [0, 0.05) is 29.8 Å². The summed E-state index contributed by atoms with van der Waals surface area (Å²) >= 11 is 6.56. The number of ether oxygens (including phenoxy) is 2. The van der Waals surface area contributed by atoms with Crippen LogP contribution in [-0.2, 0) is 4.79 Å². The second-order valence-electron chi connectivity index (χ2n) is 9.91. The molecule has 0 saturated carbocycles. The molecule has 3 aromatic rings. The molecular weight excluding hydrogens is 528 g/mol. The smallest absolute Gasteiger partial charge is 0.224 e. The van der Waals surface area contributed by atoms with Crippen molar-refractivity contribution in [2.45, 2.75) is 45.1 Å². The van der Waals surface area contributed by atoms with Crippen molar-refractivity contribution in [2.75, 3.05) is 44.5 Å². The average Bonchev–Trinajstić information content (AvgIpc) is 2.94. The van der Waals surface area contributed by atoms with E-state index in [0.29, 0.717) is 69.7 Å². The second-order valence-corrected chi connectivity index (χ2v) is 10.3. The molecule has 0 fully saturated rings. The molecule has 2 aromatic carbocycles. The van der Waals surface area contributed by atoms with Gasteiger partial charge >= 0.3 is 0 Å². The molecule has 1 amide bonds. The summed E-state index contributed by atoms with van der Waals surface area (Å²) in [6.45, 7) is 3.60. The van der Waals surface area contributed by atoms with Crippen LogP contribution in [0.4, 0.5) is 17.1 Å². The van der Waals surface area contributed by atoms with Crippen LogP contribution in [0, 0.1) is 11.3 Å². The number of nitrogens with zero attached hydrogens (tertiary/aromatic N) is 4. The van der Waals surface area contributed by atoms with Crippen molar-refractivity contribution in [2.24, 2.45) is 4.99 Å². The Balaban J connectivity index is 1.60. The molecule has 0 saturated heterocycles. The van der Waals surface area contributed by atoms with Gasteiger partial charge in [0.15, 0.2) is 0 Å². The molecule has 4 rings (SSSR count). The highest BCUT2D eigenvalue weighted by Crippen LogP contribution is 2.37. The largest absolute Gasteiger partial charge is 0.492 e. The third-order valence-electron chi connectivity index (χ3n) is 6.49. The standard InChI is InChI=1S/C30H35ClN6O3/c1-4-39-28-16-25-23(15-26(28)36-29(38)9-7-13-37(2)3)30(20(17-32)18-34-25)35-21-10-11-27(24(31)14-21)40-19-22-8-5-6-12-33-22/h10-12,14-16,18,22H,4-9,13,19H2,1-3H3,(H,34,35)(H,36,38). The number of aromatic nitrogens is 1. The topological polar surface area (TPSA) is 112 Å². The Kier molecular flexibility index (Phi) is 10.2. The van der Waals surface area contributed by atoms with E-state index in [2.05, 4.69) is 26.7 Å². The van der Waals surface area contributed by atoms with Crippen molar-refractivity contribution in [3.05, 3.63) is 47.1 Å². The summed E-state index contributed by atoms with van der Waals surface area (Å²) in [5.41, 5.74) is 2.73. The average molecular weight is 563 g/mol. The van der Waals surface area contributed by atoms with Gasteiger partial charge in [0.1, 0.15) is 24.2 Å². The van der Waals surface area contributed by atoms with Crippen LogP contribution in [0.2, 0.25) is 5.02 Å². The highest BCUT2D eigenvalue weighted by molar-refractivity contribution is 6.32. The van der Waals surface area contributed by atoms with Crippen molar-refractivity contribution in [1.82, 2.24) is 9.88 Å². The Hall–Kier alpha value is -3.87. The first-order valence-electron chi connectivity index (χ1n) is 13.5. The molecule has 1 aromatic heterocycles. The third-order valence-corrected chi connectivity index (χ3v) is 6.79. The van der Waals surface area contributed by atoms with Gasteiger partial charge in [0.2, 0.25) is 5.91 Å². The predicted octanol–water partition coefficient (Wildman–Crippen LogP) is 6.18. The SMILES string of the molecule is CCOc1cc2ncc(C#N)c(Nc3ccc(OCC4CCCC=N4)c(Cl)c3)c2cc1NC(=O)CCCN(C)C. The molecule has 210 valence electrons. The fourth-order valence-corrected chi connectivity index (χ4v) is 4.71. The molecular formula is C30H35ClN6O3. The van der Waals surface area contributed by atoms with Gasteiger partial charge in [0.25, 0.3) is 0 Å². The highest BCUT2D eigenvalue weighted by atomic mass is 35.5. The fraction of sp³-hybridized carbons (Fsp3) is 0.400. The van der Waals surface area contributed by atoms with Gasteiger partial charge in [0.05, 0.1) is 40.1 Å². The monoisotopic (exact) mass is 562 g/mol. The van der Waals surface area contributed by atoms with Crippen molar-refractivity contribution < 1.29 is 14.3 Å². The number of nitrogens with one attached hydrogen (secondary N) is 2. The lowest BCUT2D eigenvalue weighted by Gasteiger charge is -2.18. The van der Waals surface area contributed by atoms with E-state index >= 15 is 0 Å². The zero-order valence-electron chi connectivity index (χ0n) is 23.2. The van der Waals surface area contributed by atoms with Gasteiger partial charge in [-0.15, -0.1) is 0 Å². The number of rotatable bonds is 12. The summed E-state index contributed by atoms with van der Waals surface area (Å²) in [6.07, 6.45) is 7.72. The number of halogens is 1. The van der Waals surface area contributed by atoms with Crippen molar-refractivity contribution in [3.63, 3.8) is 0 Å². The Morgan fingerprint density at radius 2 is 2.08 bits per heavy atom. The summed E-state index contributed by atoms with van der Waals surface area (Å²) in [4.78, 5) is 23.7. The van der Waals surface area contributed by atoms with E-state index in [-0.39, 0.29) is 11.9 Å². The molecule has 1 aliphatic heterocycles.